The fraction of sp³-hybridized carbons (Fsp3) is 0.833. The van der Waals surface area contributed by atoms with Gasteiger partial charge in [0.15, 0.2) is 0 Å². The normalized spacial score (nSPS) is 23.5. The number of anilines is 1. The molecule has 3 rings (SSSR count). The van der Waals surface area contributed by atoms with Crippen molar-refractivity contribution in [2.24, 2.45) is 0 Å². The van der Waals surface area contributed by atoms with Crippen LogP contribution in [0.15, 0.2) is 0 Å². The first-order valence-electron chi connectivity index (χ1n) is 6.70. The molecule has 1 aromatic rings. The average Bonchev–Trinajstić information content (AvgIpc) is 2.87. The van der Waals surface area contributed by atoms with Crippen LogP contribution in [0.1, 0.15) is 18.7 Å². The molecule has 0 bridgehead atoms. The van der Waals surface area contributed by atoms with Gasteiger partial charge in [0.05, 0.1) is 0 Å². The molecule has 0 N–H and O–H groups in total. The zero-order valence-corrected chi connectivity index (χ0v) is 12.5. The summed E-state index contributed by atoms with van der Waals surface area (Å²) in [5.74, 6) is 3.54. The SMILES string of the molecule is Cc1nsc(N2CCC(N3CCSCC3)CC2)n1. The Morgan fingerprint density at radius 3 is 2.44 bits per heavy atom. The zero-order valence-electron chi connectivity index (χ0n) is 10.8. The smallest absolute Gasteiger partial charge is 0.205 e. The van der Waals surface area contributed by atoms with Gasteiger partial charge < -0.3 is 4.90 Å². The van der Waals surface area contributed by atoms with Crippen molar-refractivity contribution in [1.82, 2.24) is 14.3 Å². The highest BCUT2D eigenvalue weighted by molar-refractivity contribution is 7.99. The van der Waals surface area contributed by atoms with Crippen molar-refractivity contribution >= 4 is 28.4 Å². The van der Waals surface area contributed by atoms with Gasteiger partial charge in [-0.15, -0.1) is 0 Å². The van der Waals surface area contributed by atoms with E-state index >= 15 is 0 Å². The molecule has 3 heterocycles. The van der Waals surface area contributed by atoms with Gasteiger partial charge in [0.25, 0.3) is 0 Å². The first kappa shape index (κ1) is 12.7. The summed E-state index contributed by atoms with van der Waals surface area (Å²) in [7, 11) is 0. The Balaban J connectivity index is 1.54. The van der Waals surface area contributed by atoms with Crippen LogP contribution < -0.4 is 4.90 Å². The Hall–Kier alpha value is -0.330. The van der Waals surface area contributed by atoms with Gasteiger partial charge in [0.1, 0.15) is 5.82 Å². The summed E-state index contributed by atoms with van der Waals surface area (Å²) in [6.07, 6.45) is 2.56. The van der Waals surface area contributed by atoms with E-state index in [0.29, 0.717) is 0 Å². The lowest BCUT2D eigenvalue weighted by molar-refractivity contribution is 0.186. The second kappa shape index (κ2) is 5.75. The maximum Gasteiger partial charge on any atom is 0.205 e. The quantitative estimate of drug-likeness (QED) is 0.828. The molecule has 0 saturated carbocycles. The Morgan fingerprint density at radius 2 is 1.83 bits per heavy atom. The summed E-state index contributed by atoms with van der Waals surface area (Å²) in [6.45, 7) is 6.82. The van der Waals surface area contributed by atoms with Crippen LogP contribution in [0.4, 0.5) is 5.13 Å². The second-order valence-electron chi connectivity index (χ2n) is 4.99. The molecular weight excluding hydrogens is 264 g/mol. The summed E-state index contributed by atoms with van der Waals surface area (Å²) in [4.78, 5) is 9.58. The highest BCUT2D eigenvalue weighted by Crippen LogP contribution is 2.25. The number of aromatic nitrogens is 2. The number of hydrogen-bond donors (Lipinski definition) is 0. The van der Waals surface area contributed by atoms with Crippen LogP contribution >= 0.6 is 23.3 Å². The van der Waals surface area contributed by atoms with Crippen LogP contribution in [0.5, 0.6) is 0 Å². The molecule has 0 atom stereocenters. The molecule has 0 aromatic carbocycles. The molecular formula is C12H20N4S2. The molecule has 2 fully saturated rings. The molecule has 0 unspecified atom stereocenters. The monoisotopic (exact) mass is 284 g/mol. The lowest BCUT2D eigenvalue weighted by Gasteiger charge is -2.39. The number of hydrogen-bond acceptors (Lipinski definition) is 6. The van der Waals surface area contributed by atoms with Crippen LogP contribution in [0, 0.1) is 6.92 Å². The predicted octanol–water partition coefficient (Wildman–Crippen LogP) is 1.86. The number of piperidine rings is 1. The Labute approximate surface area is 117 Å². The topological polar surface area (TPSA) is 32.3 Å². The van der Waals surface area contributed by atoms with Gasteiger partial charge in [-0.25, -0.2) is 4.98 Å². The van der Waals surface area contributed by atoms with E-state index in [2.05, 4.69) is 30.9 Å². The van der Waals surface area contributed by atoms with Crippen molar-refractivity contribution in [3.8, 4) is 0 Å². The standard InChI is InChI=1S/C12H20N4S2/c1-10-13-12(18-14-10)16-4-2-11(3-5-16)15-6-8-17-9-7-15/h11H,2-9H2,1H3. The minimum atomic E-state index is 0.802. The molecule has 2 aliphatic rings. The summed E-state index contributed by atoms with van der Waals surface area (Å²) < 4.78 is 4.28. The highest BCUT2D eigenvalue weighted by atomic mass is 32.2. The third-order valence-electron chi connectivity index (χ3n) is 3.81. The fourth-order valence-corrected chi connectivity index (χ4v) is 4.44. The first-order chi connectivity index (χ1) is 8.83. The molecule has 2 aliphatic heterocycles. The van der Waals surface area contributed by atoms with E-state index in [4.69, 9.17) is 0 Å². The van der Waals surface area contributed by atoms with E-state index < -0.39 is 0 Å². The second-order valence-corrected chi connectivity index (χ2v) is 6.95. The van der Waals surface area contributed by atoms with Crippen LogP contribution in [-0.2, 0) is 0 Å². The Kier molecular flexibility index (Phi) is 4.06. The lowest BCUT2D eigenvalue weighted by atomic mass is 10.0. The van der Waals surface area contributed by atoms with E-state index in [0.717, 1.165) is 30.1 Å². The summed E-state index contributed by atoms with van der Waals surface area (Å²) >= 11 is 3.63. The number of rotatable bonds is 2. The minimum absolute atomic E-state index is 0.802. The van der Waals surface area contributed by atoms with Gasteiger partial charge in [0, 0.05) is 55.3 Å². The molecule has 0 aliphatic carbocycles. The van der Waals surface area contributed by atoms with E-state index in [-0.39, 0.29) is 0 Å². The summed E-state index contributed by atoms with van der Waals surface area (Å²) in [5.41, 5.74) is 0. The van der Waals surface area contributed by atoms with Crippen LogP contribution in [-0.4, -0.2) is 58.0 Å². The van der Waals surface area contributed by atoms with Crippen molar-refractivity contribution < 1.29 is 0 Å². The van der Waals surface area contributed by atoms with Crippen molar-refractivity contribution in [3.05, 3.63) is 5.82 Å². The third kappa shape index (κ3) is 2.81. The van der Waals surface area contributed by atoms with E-state index in [1.165, 1.54) is 37.4 Å². The Bertz CT molecular complexity index is 381. The number of aryl methyl sites for hydroxylation is 1. The van der Waals surface area contributed by atoms with Gasteiger partial charge in [0.2, 0.25) is 5.13 Å². The molecule has 18 heavy (non-hydrogen) atoms. The maximum absolute atomic E-state index is 4.49. The van der Waals surface area contributed by atoms with Gasteiger partial charge >= 0.3 is 0 Å². The molecule has 0 radical (unpaired) electrons. The average molecular weight is 284 g/mol. The molecule has 6 heteroatoms. The molecule has 100 valence electrons. The highest BCUT2D eigenvalue weighted by Gasteiger charge is 2.26. The maximum atomic E-state index is 4.49. The summed E-state index contributed by atoms with van der Waals surface area (Å²) in [5, 5.41) is 1.11. The van der Waals surface area contributed by atoms with E-state index in [9.17, 15) is 0 Å². The predicted molar refractivity (Wildman–Crippen MR) is 78.8 cm³/mol. The molecule has 2 saturated heterocycles. The van der Waals surface area contributed by atoms with Crippen LogP contribution in [0.25, 0.3) is 0 Å². The van der Waals surface area contributed by atoms with Gasteiger partial charge in [-0.2, -0.15) is 16.1 Å². The molecule has 1 aromatic heterocycles. The summed E-state index contributed by atoms with van der Waals surface area (Å²) in [6, 6.07) is 0.802. The van der Waals surface area contributed by atoms with Gasteiger partial charge in [-0.05, 0) is 19.8 Å². The van der Waals surface area contributed by atoms with Gasteiger partial charge in [-0.3, -0.25) is 4.90 Å². The number of nitrogens with zero attached hydrogens (tertiary/aromatic N) is 4. The Morgan fingerprint density at radius 1 is 1.11 bits per heavy atom. The molecule has 0 spiro atoms. The number of thioether (sulfide) groups is 1. The zero-order chi connectivity index (χ0) is 12.4. The van der Waals surface area contributed by atoms with Crippen molar-refractivity contribution in [3.63, 3.8) is 0 Å². The van der Waals surface area contributed by atoms with Crippen molar-refractivity contribution in [2.75, 3.05) is 42.6 Å². The third-order valence-corrected chi connectivity index (χ3v) is 5.62. The minimum Gasteiger partial charge on any atom is -0.347 e. The first-order valence-corrected chi connectivity index (χ1v) is 8.63. The van der Waals surface area contributed by atoms with E-state index in [1.54, 1.807) is 11.5 Å². The molecule has 4 nitrogen and oxygen atoms in total. The van der Waals surface area contributed by atoms with Crippen LogP contribution in [0.3, 0.4) is 0 Å². The lowest BCUT2D eigenvalue weighted by Crippen LogP contribution is -2.47. The van der Waals surface area contributed by atoms with Crippen molar-refractivity contribution in [2.45, 2.75) is 25.8 Å². The van der Waals surface area contributed by atoms with Gasteiger partial charge in [-0.1, -0.05) is 0 Å². The van der Waals surface area contributed by atoms with Crippen LogP contribution in [0.2, 0.25) is 0 Å². The molecule has 0 amide bonds. The van der Waals surface area contributed by atoms with Crippen molar-refractivity contribution in [1.29, 1.82) is 0 Å². The fourth-order valence-electron chi connectivity index (χ4n) is 2.78. The largest absolute Gasteiger partial charge is 0.347 e. The van der Waals surface area contributed by atoms with E-state index in [1.807, 2.05) is 6.92 Å².